The smallest absolute Gasteiger partial charge is 0.0545 e. The maximum Gasteiger partial charge on any atom is 0.0545 e. The number of nitrogens with one attached hydrogen (secondary N) is 1. The van der Waals surface area contributed by atoms with Gasteiger partial charge >= 0.3 is 0 Å². The molecule has 0 amide bonds. The van der Waals surface area contributed by atoms with E-state index in [0.717, 1.165) is 18.2 Å². The molecule has 2 fully saturated rings. The molecule has 0 bridgehead atoms. The van der Waals surface area contributed by atoms with E-state index in [0.29, 0.717) is 5.54 Å². The van der Waals surface area contributed by atoms with Gasteiger partial charge in [-0.3, -0.25) is 4.90 Å². The fraction of sp³-hybridized carbons (Fsp3) is 0.846. The van der Waals surface area contributed by atoms with Crippen molar-refractivity contribution < 1.29 is 0 Å². The molecule has 0 aromatic heterocycles. The van der Waals surface area contributed by atoms with E-state index in [-0.39, 0.29) is 0 Å². The zero-order valence-corrected chi connectivity index (χ0v) is 11.0. The van der Waals surface area contributed by atoms with Crippen LogP contribution in [0.3, 0.4) is 0 Å². The summed E-state index contributed by atoms with van der Waals surface area (Å²) in [5, 5.41) is 3.71. The molecule has 2 rings (SSSR count). The summed E-state index contributed by atoms with van der Waals surface area (Å²) in [6, 6.07) is 0. The topological polar surface area (TPSA) is 15.3 Å². The highest BCUT2D eigenvalue weighted by molar-refractivity contribution is 7.99. The van der Waals surface area contributed by atoms with Gasteiger partial charge in [0.1, 0.15) is 0 Å². The predicted octanol–water partition coefficient (Wildman–Crippen LogP) is 1.43. The minimum absolute atomic E-state index is 0.384. The first-order chi connectivity index (χ1) is 7.74. The zero-order valence-electron chi connectivity index (χ0n) is 10.2. The van der Waals surface area contributed by atoms with Gasteiger partial charge in [0.2, 0.25) is 0 Å². The summed E-state index contributed by atoms with van der Waals surface area (Å²) in [4.78, 5) is 2.60. The molecule has 90 valence electrons. The molecule has 1 heterocycles. The van der Waals surface area contributed by atoms with Crippen molar-refractivity contribution in [3.8, 4) is 12.3 Å². The Balaban J connectivity index is 1.72. The van der Waals surface area contributed by atoms with Crippen molar-refractivity contribution >= 4 is 11.8 Å². The van der Waals surface area contributed by atoms with Gasteiger partial charge in [-0.2, -0.15) is 0 Å². The first-order valence-electron chi connectivity index (χ1n) is 6.23. The van der Waals surface area contributed by atoms with Crippen LogP contribution in [0.4, 0.5) is 0 Å². The quantitative estimate of drug-likeness (QED) is 0.576. The van der Waals surface area contributed by atoms with E-state index in [1.807, 2.05) is 11.8 Å². The van der Waals surface area contributed by atoms with Crippen LogP contribution in [0, 0.1) is 18.3 Å². The van der Waals surface area contributed by atoms with Gasteiger partial charge in [0.05, 0.1) is 5.75 Å². The molecule has 16 heavy (non-hydrogen) atoms. The van der Waals surface area contributed by atoms with E-state index in [1.54, 1.807) is 0 Å². The lowest BCUT2D eigenvalue weighted by molar-refractivity contribution is 0.133. The van der Waals surface area contributed by atoms with Crippen molar-refractivity contribution in [2.75, 3.05) is 37.7 Å². The van der Waals surface area contributed by atoms with Crippen LogP contribution >= 0.6 is 11.8 Å². The van der Waals surface area contributed by atoms with Crippen LogP contribution in [0.25, 0.3) is 0 Å². The summed E-state index contributed by atoms with van der Waals surface area (Å²) in [6.07, 6.45) is 8.08. The second kappa shape index (κ2) is 5.44. The van der Waals surface area contributed by atoms with Crippen molar-refractivity contribution in [3.05, 3.63) is 0 Å². The van der Waals surface area contributed by atoms with Crippen LogP contribution in [-0.4, -0.2) is 48.1 Å². The highest BCUT2D eigenvalue weighted by atomic mass is 32.2. The van der Waals surface area contributed by atoms with Crippen LogP contribution in [0.15, 0.2) is 0 Å². The fourth-order valence-corrected chi connectivity index (χ4v) is 3.26. The Morgan fingerprint density at radius 3 is 3.06 bits per heavy atom. The van der Waals surface area contributed by atoms with Crippen LogP contribution in [-0.2, 0) is 0 Å². The summed E-state index contributed by atoms with van der Waals surface area (Å²) >= 11 is 1.87. The van der Waals surface area contributed by atoms with E-state index in [2.05, 4.69) is 23.1 Å². The molecule has 1 saturated heterocycles. The molecule has 0 spiro atoms. The Bertz CT molecular complexity index is 270. The summed E-state index contributed by atoms with van der Waals surface area (Å²) in [5.74, 6) is 5.63. The summed E-state index contributed by atoms with van der Waals surface area (Å²) in [6.45, 7) is 7.14. The van der Waals surface area contributed by atoms with Gasteiger partial charge in [-0.25, -0.2) is 0 Å². The van der Waals surface area contributed by atoms with Gasteiger partial charge in [-0.05, 0) is 25.7 Å². The van der Waals surface area contributed by atoms with Gasteiger partial charge in [-0.15, -0.1) is 18.2 Å². The van der Waals surface area contributed by atoms with E-state index < -0.39 is 0 Å². The van der Waals surface area contributed by atoms with Gasteiger partial charge in [0.25, 0.3) is 0 Å². The van der Waals surface area contributed by atoms with Crippen molar-refractivity contribution in [2.45, 2.75) is 25.3 Å². The fourth-order valence-electron chi connectivity index (χ4n) is 2.61. The molecule has 0 radical (unpaired) electrons. The number of terminal acetylenes is 1. The summed E-state index contributed by atoms with van der Waals surface area (Å²) in [7, 11) is 0. The van der Waals surface area contributed by atoms with Crippen molar-refractivity contribution in [3.63, 3.8) is 0 Å². The number of nitrogens with zero attached hydrogens (tertiary/aromatic N) is 1. The van der Waals surface area contributed by atoms with Crippen LogP contribution in [0.1, 0.15) is 19.8 Å². The Kier molecular flexibility index (Phi) is 4.18. The average molecular weight is 238 g/mol. The number of piperazine rings is 1. The Morgan fingerprint density at radius 2 is 2.38 bits per heavy atom. The minimum Gasteiger partial charge on any atom is -0.309 e. The molecule has 0 aromatic carbocycles. The second-order valence-electron chi connectivity index (χ2n) is 5.15. The molecular formula is C13H22N2S. The van der Waals surface area contributed by atoms with Crippen LogP contribution < -0.4 is 5.32 Å². The highest BCUT2D eigenvalue weighted by Crippen LogP contribution is 2.40. The van der Waals surface area contributed by atoms with E-state index in [1.165, 1.54) is 38.2 Å². The lowest BCUT2D eigenvalue weighted by atomic mass is 9.93. The third-order valence-corrected chi connectivity index (χ3v) is 4.57. The molecule has 1 atom stereocenters. The Morgan fingerprint density at radius 1 is 1.56 bits per heavy atom. The predicted molar refractivity (Wildman–Crippen MR) is 71.7 cm³/mol. The number of rotatable bonds is 5. The van der Waals surface area contributed by atoms with Crippen molar-refractivity contribution in [1.29, 1.82) is 0 Å². The van der Waals surface area contributed by atoms with Gasteiger partial charge in [0, 0.05) is 37.5 Å². The zero-order chi connectivity index (χ0) is 11.4. The summed E-state index contributed by atoms with van der Waals surface area (Å²) in [5.41, 5.74) is 0.384. The molecule has 1 aliphatic heterocycles. The first kappa shape index (κ1) is 12.3. The Labute approximate surface area is 104 Å². The molecule has 3 heteroatoms. The normalized spacial score (nSPS) is 31.2. The lowest BCUT2D eigenvalue weighted by Gasteiger charge is -2.42. The number of hydrogen-bond acceptors (Lipinski definition) is 3. The van der Waals surface area contributed by atoms with Crippen LogP contribution in [0.2, 0.25) is 0 Å². The largest absolute Gasteiger partial charge is 0.309 e. The van der Waals surface area contributed by atoms with E-state index in [9.17, 15) is 0 Å². The maximum absolute atomic E-state index is 5.24. The van der Waals surface area contributed by atoms with Crippen molar-refractivity contribution in [1.82, 2.24) is 10.2 Å². The van der Waals surface area contributed by atoms with E-state index in [4.69, 9.17) is 6.42 Å². The monoisotopic (exact) mass is 238 g/mol. The number of hydrogen-bond donors (Lipinski definition) is 1. The lowest BCUT2D eigenvalue weighted by Crippen LogP contribution is -2.60. The SMILES string of the molecule is C#CCSCCN1CCNC(C)(C2CC2)C1. The summed E-state index contributed by atoms with van der Waals surface area (Å²) < 4.78 is 0. The maximum atomic E-state index is 5.24. The third-order valence-electron chi connectivity index (χ3n) is 3.72. The molecule has 1 saturated carbocycles. The molecule has 0 aromatic rings. The molecule has 1 aliphatic carbocycles. The molecule has 1 N–H and O–H groups in total. The number of thioether (sulfide) groups is 1. The highest BCUT2D eigenvalue weighted by Gasteiger charge is 2.43. The second-order valence-corrected chi connectivity index (χ2v) is 6.26. The minimum atomic E-state index is 0.384. The molecular weight excluding hydrogens is 216 g/mol. The van der Waals surface area contributed by atoms with E-state index >= 15 is 0 Å². The van der Waals surface area contributed by atoms with Crippen LogP contribution in [0.5, 0.6) is 0 Å². The molecule has 2 aliphatic rings. The van der Waals surface area contributed by atoms with Gasteiger partial charge < -0.3 is 5.32 Å². The molecule has 1 unspecified atom stereocenters. The van der Waals surface area contributed by atoms with Gasteiger partial charge in [0.15, 0.2) is 0 Å². The average Bonchev–Trinajstić information content (AvgIpc) is 3.09. The standard InChI is InChI=1S/C13H22N2S/c1-3-9-16-10-8-15-7-6-14-13(2,11-15)12-4-5-12/h1,12,14H,4-11H2,2H3. The first-order valence-corrected chi connectivity index (χ1v) is 7.39. The van der Waals surface area contributed by atoms with Crippen molar-refractivity contribution in [2.24, 2.45) is 5.92 Å². The molecule has 2 nitrogen and oxygen atoms in total. The van der Waals surface area contributed by atoms with Gasteiger partial charge in [-0.1, -0.05) is 5.92 Å². The Hall–Kier alpha value is -0.170. The third kappa shape index (κ3) is 3.16.